The predicted octanol–water partition coefficient (Wildman–Crippen LogP) is 3.62. The highest BCUT2D eigenvalue weighted by Crippen LogP contribution is 2.36. The Kier molecular flexibility index (Phi) is 6.82. The van der Waals surface area contributed by atoms with E-state index in [4.69, 9.17) is 0 Å². The first-order valence-electron chi connectivity index (χ1n) is 8.55. The summed E-state index contributed by atoms with van der Waals surface area (Å²) in [5, 5.41) is 9.47. The van der Waals surface area contributed by atoms with Crippen LogP contribution >= 0.6 is 0 Å². The Morgan fingerprint density at radius 3 is 2.30 bits per heavy atom. The van der Waals surface area contributed by atoms with Gasteiger partial charge in [0, 0.05) is 23.9 Å². The van der Waals surface area contributed by atoms with Crippen molar-refractivity contribution in [2.24, 2.45) is 11.3 Å². The minimum absolute atomic E-state index is 0.00216. The highest BCUT2D eigenvalue weighted by Gasteiger charge is 2.42. The fourth-order valence-corrected chi connectivity index (χ4v) is 4.22. The van der Waals surface area contributed by atoms with Crippen molar-refractivity contribution in [2.75, 3.05) is 6.54 Å². The molecular formula is C17H34N2O3S. The van der Waals surface area contributed by atoms with Crippen molar-refractivity contribution in [2.45, 2.75) is 84.6 Å². The maximum atomic E-state index is 12.4. The predicted molar refractivity (Wildman–Crippen MR) is 95.8 cm³/mol. The van der Waals surface area contributed by atoms with Gasteiger partial charge in [-0.3, -0.25) is 0 Å². The van der Waals surface area contributed by atoms with Gasteiger partial charge in [0.1, 0.15) is 4.75 Å². The minimum Gasteiger partial charge on any atom is -0.598 e. The molecule has 1 fully saturated rings. The SMILES string of the molecule is CC[C@H](N[S+]([O-])C(C)(C)C)[C@@H]1CCN(C(=O)O)[C@@H](C(C)(C)C)C1. The van der Waals surface area contributed by atoms with Crippen LogP contribution in [0.25, 0.3) is 0 Å². The van der Waals surface area contributed by atoms with Gasteiger partial charge in [-0.1, -0.05) is 27.7 Å². The number of nitrogens with one attached hydrogen (secondary N) is 1. The molecule has 1 saturated heterocycles. The third-order valence-electron chi connectivity index (χ3n) is 4.71. The number of amides is 1. The molecule has 0 aromatic rings. The molecule has 2 N–H and O–H groups in total. The molecule has 0 aromatic heterocycles. The smallest absolute Gasteiger partial charge is 0.407 e. The maximum Gasteiger partial charge on any atom is 0.407 e. The van der Waals surface area contributed by atoms with E-state index in [0.29, 0.717) is 12.5 Å². The first kappa shape index (κ1) is 20.6. The summed E-state index contributed by atoms with van der Waals surface area (Å²) in [6, 6.07) is 0.161. The van der Waals surface area contributed by atoms with E-state index in [-0.39, 0.29) is 22.2 Å². The van der Waals surface area contributed by atoms with Gasteiger partial charge < -0.3 is 14.6 Å². The number of carbonyl (C=O) groups is 1. The summed E-state index contributed by atoms with van der Waals surface area (Å²) in [6.07, 6.45) is 1.72. The summed E-state index contributed by atoms with van der Waals surface area (Å²) < 4.78 is 15.4. The second kappa shape index (κ2) is 7.62. The van der Waals surface area contributed by atoms with E-state index in [9.17, 15) is 14.5 Å². The highest BCUT2D eigenvalue weighted by atomic mass is 32.2. The summed E-state index contributed by atoms with van der Waals surface area (Å²) in [4.78, 5) is 13.1. The molecule has 6 heteroatoms. The number of nitrogens with zero attached hydrogens (tertiary/aromatic N) is 1. The first-order valence-corrected chi connectivity index (χ1v) is 9.70. The third kappa shape index (κ3) is 5.54. The molecule has 23 heavy (non-hydrogen) atoms. The van der Waals surface area contributed by atoms with Gasteiger partial charge in [0.2, 0.25) is 0 Å². The molecule has 0 aromatic carbocycles. The number of rotatable bonds is 4. The molecule has 1 amide bonds. The molecular weight excluding hydrogens is 312 g/mol. The van der Waals surface area contributed by atoms with Crippen molar-refractivity contribution < 1.29 is 14.5 Å². The second-order valence-electron chi connectivity index (χ2n) is 8.66. The van der Waals surface area contributed by atoms with Crippen LogP contribution in [0.1, 0.15) is 67.7 Å². The van der Waals surface area contributed by atoms with Gasteiger partial charge in [0.15, 0.2) is 0 Å². The fraction of sp³-hybridized carbons (Fsp3) is 0.941. The molecule has 1 rings (SSSR count). The van der Waals surface area contributed by atoms with E-state index in [1.54, 1.807) is 4.90 Å². The lowest BCUT2D eigenvalue weighted by Gasteiger charge is -2.46. The lowest BCUT2D eigenvalue weighted by atomic mass is 9.75. The molecule has 5 nitrogen and oxygen atoms in total. The lowest BCUT2D eigenvalue weighted by Crippen LogP contribution is -2.55. The Morgan fingerprint density at radius 2 is 1.91 bits per heavy atom. The van der Waals surface area contributed by atoms with Crippen molar-refractivity contribution in [3.8, 4) is 0 Å². The molecule has 1 aliphatic rings. The highest BCUT2D eigenvalue weighted by molar-refractivity contribution is 7.90. The zero-order chi connectivity index (χ0) is 18.0. The zero-order valence-corrected chi connectivity index (χ0v) is 16.5. The van der Waals surface area contributed by atoms with E-state index in [2.05, 4.69) is 32.4 Å². The van der Waals surface area contributed by atoms with Crippen molar-refractivity contribution in [1.82, 2.24) is 9.62 Å². The summed E-state index contributed by atoms with van der Waals surface area (Å²) >= 11 is -1.10. The van der Waals surface area contributed by atoms with E-state index < -0.39 is 17.5 Å². The normalized spacial score (nSPS) is 26.0. The molecule has 0 spiro atoms. The summed E-state index contributed by atoms with van der Waals surface area (Å²) in [5.41, 5.74) is -0.0987. The molecule has 136 valence electrons. The van der Waals surface area contributed by atoms with Gasteiger partial charge in [0.05, 0.1) is 6.04 Å². The monoisotopic (exact) mass is 346 g/mol. The van der Waals surface area contributed by atoms with Crippen LogP contribution in [0, 0.1) is 11.3 Å². The zero-order valence-electron chi connectivity index (χ0n) is 15.7. The largest absolute Gasteiger partial charge is 0.598 e. The molecule has 0 saturated carbocycles. The number of hydrogen-bond donors (Lipinski definition) is 2. The van der Waals surface area contributed by atoms with Crippen LogP contribution in [0.2, 0.25) is 0 Å². The number of carboxylic acid groups (broad SMARTS) is 1. The molecule has 0 bridgehead atoms. The Hall–Kier alpha value is -0.460. The molecule has 4 atom stereocenters. The van der Waals surface area contributed by atoms with Crippen LogP contribution in [0.15, 0.2) is 0 Å². The maximum absolute atomic E-state index is 12.4. The van der Waals surface area contributed by atoms with Crippen LogP contribution in [-0.2, 0) is 11.4 Å². The second-order valence-corrected chi connectivity index (χ2v) is 10.7. The lowest BCUT2D eigenvalue weighted by molar-refractivity contribution is 0.0340. The standard InChI is InChI=1S/C17H34N2O3S/c1-8-13(18-23(22)17(5,6)7)12-9-10-19(15(20)21)14(11-12)16(2,3)4/h12-14,18H,8-11H2,1-7H3,(H,20,21)/t12-,13+,14-,23?/m1/s1. The summed E-state index contributed by atoms with van der Waals surface area (Å²) in [5.74, 6) is 0.353. The Bertz CT molecular complexity index is 404. The van der Waals surface area contributed by atoms with E-state index in [0.717, 1.165) is 19.3 Å². The van der Waals surface area contributed by atoms with Crippen LogP contribution in [0.3, 0.4) is 0 Å². The van der Waals surface area contributed by atoms with E-state index in [1.165, 1.54) is 0 Å². The Morgan fingerprint density at radius 1 is 1.35 bits per heavy atom. The van der Waals surface area contributed by atoms with Gasteiger partial charge in [-0.15, -0.1) is 4.72 Å². The van der Waals surface area contributed by atoms with Crippen molar-refractivity contribution in [3.05, 3.63) is 0 Å². The average Bonchev–Trinajstić information content (AvgIpc) is 2.41. The first-order chi connectivity index (χ1) is 10.4. The molecule has 0 radical (unpaired) electrons. The molecule has 0 aliphatic carbocycles. The van der Waals surface area contributed by atoms with Crippen LogP contribution in [0.4, 0.5) is 4.79 Å². The van der Waals surface area contributed by atoms with Crippen LogP contribution in [0.5, 0.6) is 0 Å². The van der Waals surface area contributed by atoms with Gasteiger partial charge in [-0.25, -0.2) is 4.79 Å². The average molecular weight is 347 g/mol. The van der Waals surface area contributed by atoms with Gasteiger partial charge in [-0.05, 0) is 51.4 Å². The molecule has 1 aliphatic heterocycles. The number of likely N-dealkylation sites (tertiary alicyclic amines) is 1. The summed E-state index contributed by atoms with van der Waals surface area (Å²) in [6.45, 7) is 14.8. The quantitative estimate of drug-likeness (QED) is 0.762. The number of hydrogen-bond acceptors (Lipinski definition) is 3. The Labute approximate surface area is 144 Å². The van der Waals surface area contributed by atoms with Gasteiger partial charge in [0.25, 0.3) is 0 Å². The van der Waals surface area contributed by atoms with Crippen molar-refractivity contribution >= 4 is 17.5 Å². The molecule has 1 heterocycles. The topological polar surface area (TPSA) is 75.6 Å². The van der Waals surface area contributed by atoms with Gasteiger partial charge in [-0.2, -0.15) is 0 Å². The van der Waals surface area contributed by atoms with Crippen molar-refractivity contribution in [3.63, 3.8) is 0 Å². The van der Waals surface area contributed by atoms with Gasteiger partial charge >= 0.3 is 6.09 Å². The van der Waals surface area contributed by atoms with Crippen molar-refractivity contribution in [1.29, 1.82) is 0 Å². The van der Waals surface area contributed by atoms with Crippen LogP contribution in [-0.4, -0.2) is 44.0 Å². The minimum atomic E-state index is -1.10. The van der Waals surface area contributed by atoms with E-state index >= 15 is 0 Å². The van der Waals surface area contributed by atoms with E-state index in [1.807, 2.05) is 20.8 Å². The third-order valence-corrected chi connectivity index (χ3v) is 6.34. The Balaban J connectivity index is 2.86. The summed E-state index contributed by atoms with van der Waals surface area (Å²) in [7, 11) is 0. The number of piperidine rings is 1. The fourth-order valence-electron chi connectivity index (χ4n) is 3.24. The van der Waals surface area contributed by atoms with Crippen LogP contribution < -0.4 is 4.72 Å². The molecule has 1 unspecified atom stereocenters.